The van der Waals surface area contributed by atoms with Gasteiger partial charge in [-0.05, 0) is 92.4 Å². The number of aryl methyl sites for hydroxylation is 1. The summed E-state index contributed by atoms with van der Waals surface area (Å²) in [5.41, 5.74) is 3.52. The fourth-order valence-electron chi connectivity index (χ4n) is 5.20. The van der Waals surface area contributed by atoms with Crippen LogP contribution in [0.4, 0.5) is 11.6 Å². The lowest BCUT2D eigenvalue weighted by Gasteiger charge is -2.26. The fourth-order valence-corrected chi connectivity index (χ4v) is 7.72. The van der Waals surface area contributed by atoms with Crippen molar-refractivity contribution in [3.8, 4) is 26.8 Å². The van der Waals surface area contributed by atoms with Gasteiger partial charge < -0.3 is 20.1 Å². The quantitative estimate of drug-likeness (QED) is 0.245. The van der Waals surface area contributed by atoms with Gasteiger partial charge in [0.15, 0.2) is 0 Å². The van der Waals surface area contributed by atoms with Crippen molar-refractivity contribution in [1.29, 1.82) is 0 Å². The zero-order valence-electron chi connectivity index (χ0n) is 23.6. The standard InChI is InChI=1S/C31H35N5O4S2/c1-22-21-33-31(34-25-7-9-26(10-8-25)40-17-13-24-5-3-14-32-24)35-30(22)29-12-11-28(41-29)23-4-2-6-27(20-23)42(37,38)36-15-18-39-19-16-36/h2,4,6-12,20-21,24,32H,3,5,13-19H2,1H3,(H,33,34,35). The van der Waals surface area contributed by atoms with Gasteiger partial charge >= 0.3 is 0 Å². The van der Waals surface area contributed by atoms with Gasteiger partial charge in [0.2, 0.25) is 16.0 Å². The summed E-state index contributed by atoms with van der Waals surface area (Å²) in [5.74, 6) is 1.35. The Balaban J connectivity index is 1.14. The maximum Gasteiger partial charge on any atom is 0.243 e. The van der Waals surface area contributed by atoms with Crippen molar-refractivity contribution < 1.29 is 17.9 Å². The molecule has 4 aromatic rings. The van der Waals surface area contributed by atoms with Crippen LogP contribution in [0.2, 0.25) is 0 Å². The summed E-state index contributed by atoms with van der Waals surface area (Å²) in [6, 6.07) is 19.6. The first-order valence-corrected chi connectivity index (χ1v) is 16.6. The van der Waals surface area contributed by atoms with Crippen molar-refractivity contribution in [2.24, 2.45) is 0 Å². The molecule has 4 heterocycles. The second-order valence-corrected chi connectivity index (χ2v) is 13.5. The number of hydrogen-bond acceptors (Lipinski definition) is 9. The number of morpholine rings is 1. The summed E-state index contributed by atoms with van der Waals surface area (Å²) in [4.78, 5) is 11.5. The highest BCUT2D eigenvalue weighted by atomic mass is 32.2. The van der Waals surface area contributed by atoms with Gasteiger partial charge in [0.1, 0.15) is 5.75 Å². The number of sulfonamides is 1. The van der Waals surface area contributed by atoms with Gasteiger partial charge in [-0.15, -0.1) is 11.3 Å². The third-order valence-electron chi connectivity index (χ3n) is 7.55. The van der Waals surface area contributed by atoms with E-state index in [0.717, 1.165) is 51.0 Å². The van der Waals surface area contributed by atoms with Gasteiger partial charge in [-0.3, -0.25) is 0 Å². The third-order valence-corrected chi connectivity index (χ3v) is 10.6. The second-order valence-electron chi connectivity index (χ2n) is 10.5. The van der Waals surface area contributed by atoms with E-state index >= 15 is 0 Å². The number of anilines is 2. The molecule has 0 radical (unpaired) electrons. The minimum absolute atomic E-state index is 0.295. The number of ether oxygens (including phenoxy) is 2. The molecule has 9 nitrogen and oxygen atoms in total. The van der Waals surface area contributed by atoms with Gasteiger partial charge in [0.05, 0.1) is 35.3 Å². The molecule has 2 aromatic carbocycles. The maximum absolute atomic E-state index is 13.2. The van der Waals surface area contributed by atoms with Crippen molar-refractivity contribution in [3.05, 3.63) is 72.4 Å². The molecule has 0 saturated carbocycles. The highest BCUT2D eigenvalue weighted by Crippen LogP contribution is 2.36. The Bertz CT molecular complexity index is 1610. The van der Waals surface area contributed by atoms with E-state index < -0.39 is 10.0 Å². The molecule has 1 atom stereocenters. The molecule has 11 heteroatoms. The van der Waals surface area contributed by atoms with Crippen LogP contribution in [-0.4, -0.2) is 68.2 Å². The third kappa shape index (κ3) is 6.66. The van der Waals surface area contributed by atoms with Crippen molar-refractivity contribution in [2.45, 2.75) is 37.1 Å². The molecule has 0 bridgehead atoms. The molecule has 0 spiro atoms. The van der Waals surface area contributed by atoms with Gasteiger partial charge in [-0.1, -0.05) is 12.1 Å². The number of thiophene rings is 1. The molecule has 2 N–H and O–H groups in total. The number of nitrogens with one attached hydrogen (secondary N) is 2. The number of hydrogen-bond donors (Lipinski definition) is 2. The molecule has 0 aliphatic carbocycles. The molecule has 2 fully saturated rings. The lowest BCUT2D eigenvalue weighted by atomic mass is 10.2. The molecule has 0 amide bonds. The Labute approximate surface area is 251 Å². The monoisotopic (exact) mass is 605 g/mol. The van der Waals surface area contributed by atoms with Crippen molar-refractivity contribution in [1.82, 2.24) is 19.6 Å². The Morgan fingerprint density at radius 3 is 2.69 bits per heavy atom. The minimum Gasteiger partial charge on any atom is -0.494 e. The van der Waals surface area contributed by atoms with Crippen LogP contribution in [0.5, 0.6) is 5.75 Å². The predicted molar refractivity (Wildman–Crippen MR) is 166 cm³/mol. The van der Waals surface area contributed by atoms with E-state index in [4.69, 9.17) is 14.5 Å². The Hall–Kier alpha value is -3.35. The van der Waals surface area contributed by atoms with Crippen LogP contribution in [0.25, 0.3) is 21.0 Å². The summed E-state index contributed by atoms with van der Waals surface area (Å²) in [5, 5.41) is 6.80. The van der Waals surface area contributed by atoms with E-state index in [2.05, 4.69) is 15.6 Å². The largest absolute Gasteiger partial charge is 0.494 e. The van der Waals surface area contributed by atoms with Crippen molar-refractivity contribution in [2.75, 3.05) is 44.8 Å². The number of nitrogens with zero attached hydrogens (tertiary/aromatic N) is 3. The average molecular weight is 606 g/mol. The summed E-state index contributed by atoms with van der Waals surface area (Å²) in [6.45, 7) is 5.37. The van der Waals surface area contributed by atoms with Crippen LogP contribution in [-0.2, 0) is 14.8 Å². The van der Waals surface area contributed by atoms with E-state index in [-0.39, 0.29) is 0 Å². The first kappa shape index (κ1) is 28.8. The van der Waals surface area contributed by atoms with E-state index in [1.165, 1.54) is 17.1 Å². The SMILES string of the molecule is Cc1cnc(Nc2ccc(OCCC3CCCN3)cc2)nc1-c1ccc(-c2cccc(S(=O)(=O)N3CCOCC3)c2)s1. The smallest absolute Gasteiger partial charge is 0.243 e. The van der Waals surface area contributed by atoms with Crippen LogP contribution in [0.3, 0.4) is 0 Å². The molecular formula is C31H35N5O4S2. The molecule has 2 saturated heterocycles. The summed E-state index contributed by atoms with van der Waals surface area (Å²) in [6.07, 6.45) is 5.30. The topological polar surface area (TPSA) is 106 Å². The van der Waals surface area contributed by atoms with Gasteiger partial charge in [0, 0.05) is 35.9 Å². The summed E-state index contributed by atoms with van der Waals surface area (Å²) >= 11 is 1.57. The number of benzene rings is 2. The van der Waals surface area contributed by atoms with Crippen molar-refractivity contribution in [3.63, 3.8) is 0 Å². The first-order valence-electron chi connectivity index (χ1n) is 14.3. The minimum atomic E-state index is -3.57. The molecule has 2 aliphatic rings. The van der Waals surface area contributed by atoms with Crippen LogP contribution in [0.1, 0.15) is 24.8 Å². The van der Waals surface area contributed by atoms with E-state index in [1.807, 2.05) is 55.6 Å². The van der Waals surface area contributed by atoms with Gasteiger partial charge in [-0.25, -0.2) is 18.4 Å². The molecule has 2 aromatic heterocycles. The second kappa shape index (κ2) is 12.9. The average Bonchev–Trinajstić information content (AvgIpc) is 3.73. The Morgan fingerprint density at radius 2 is 1.90 bits per heavy atom. The lowest BCUT2D eigenvalue weighted by molar-refractivity contribution is 0.0730. The van der Waals surface area contributed by atoms with E-state index in [1.54, 1.807) is 29.5 Å². The molecule has 220 valence electrons. The molecule has 2 aliphatic heterocycles. The number of rotatable bonds is 10. The normalized spacial score (nSPS) is 17.8. The molecule has 42 heavy (non-hydrogen) atoms. The molecular weight excluding hydrogens is 571 g/mol. The summed E-state index contributed by atoms with van der Waals surface area (Å²) < 4.78 is 39.1. The van der Waals surface area contributed by atoms with Gasteiger partial charge in [-0.2, -0.15) is 4.31 Å². The zero-order valence-corrected chi connectivity index (χ0v) is 25.2. The molecule has 6 rings (SSSR count). The van der Waals surface area contributed by atoms with Crippen LogP contribution < -0.4 is 15.4 Å². The lowest BCUT2D eigenvalue weighted by Crippen LogP contribution is -2.40. The van der Waals surface area contributed by atoms with Crippen molar-refractivity contribution >= 4 is 33.0 Å². The predicted octanol–water partition coefficient (Wildman–Crippen LogP) is 5.47. The number of aromatic nitrogens is 2. The fraction of sp³-hybridized carbons (Fsp3) is 0.355. The summed E-state index contributed by atoms with van der Waals surface area (Å²) in [7, 11) is -3.57. The highest BCUT2D eigenvalue weighted by molar-refractivity contribution is 7.89. The first-order chi connectivity index (χ1) is 20.5. The zero-order chi connectivity index (χ0) is 28.9. The highest BCUT2D eigenvalue weighted by Gasteiger charge is 2.26. The van der Waals surface area contributed by atoms with Gasteiger partial charge in [0.25, 0.3) is 0 Å². The van der Waals surface area contributed by atoms with E-state index in [9.17, 15) is 8.42 Å². The Morgan fingerprint density at radius 1 is 1.10 bits per heavy atom. The maximum atomic E-state index is 13.2. The van der Waals surface area contributed by atoms with E-state index in [0.29, 0.717) is 49.8 Å². The van der Waals surface area contributed by atoms with Crippen LogP contribution in [0, 0.1) is 6.92 Å². The molecule has 1 unspecified atom stereocenters. The Kier molecular flexibility index (Phi) is 8.82. The van der Waals surface area contributed by atoms with Crippen LogP contribution >= 0.6 is 11.3 Å². The van der Waals surface area contributed by atoms with Crippen LogP contribution in [0.15, 0.2) is 71.8 Å².